The maximum absolute atomic E-state index is 14.1. The lowest BCUT2D eigenvalue weighted by Crippen LogP contribution is -2.53. The van der Waals surface area contributed by atoms with Gasteiger partial charge in [-0.2, -0.15) is 5.10 Å². The SMILES string of the molecule is CCOC(=O)[C@@](C#Cc1ccccc1)(NC(=O)OC(C)(C)C)c1c(C)nn(-c2ccccc2)c1NCc1ccccc1. The van der Waals surface area contributed by atoms with E-state index in [1.54, 1.807) is 39.3 Å². The smallest absolute Gasteiger partial charge is 0.409 e. The van der Waals surface area contributed by atoms with Crippen LogP contribution in [0.5, 0.6) is 0 Å². The molecule has 8 nitrogen and oxygen atoms in total. The Morgan fingerprint density at radius 2 is 1.50 bits per heavy atom. The minimum absolute atomic E-state index is 0.0717. The molecule has 1 amide bonds. The molecule has 4 aromatic rings. The fourth-order valence-corrected chi connectivity index (χ4v) is 4.42. The van der Waals surface area contributed by atoms with Gasteiger partial charge in [-0.3, -0.25) is 5.32 Å². The number of carbonyl (C=O) groups excluding carboxylic acids is 2. The van der Waals surface area contributed by atoms with Gasteiger partial charge in [0.25, 0.3) is 0 Å². The fraction of sp³-hybridized carbons (Fsp3) is 0.265. The lowest BCUT2D eigenvalue weighted by atomic mass is 9.89. The second kappa shape index (κ2) is 13.1. The third-order valence-electron chi connectivity index (χ3n) is 6.18. The van der Waals surface area contributed by atoms with Crippen molar-refractivity contribution in [3.8, 4) is 17.5 Å². The number of carbonyl (C=O) groups is 2. The van der Waals surface area contributed by atoms with Crippen molar-refractivity contribution in [3.05, 3.63) is 113 Å². The van der Waals surface area contributed by atoms with Gasteiger partial charge in [0.05, 0.1) is 23.6 Å². The molecule has 0 unspecified atom stereocenters. The van der Waals surface area contributed by atoms with Gasteiger partial charge in [-0.15, -0.1) is 0 Å². The number of rotatable bonds is 8. The van der Waals surface area contributed by atoms with Gasteiger partial charge in [0.1, 0.15) is 11.4 Å². The Hall–Kier alpha value is -5.03. The van der Waals surface area contributed by atoms with Gasteiger partial charge < -0.3 is 14.8 Å². The highest BCUT2D eigenvalue weighted by Gasteiger charge is 2.48. The van der Waals surface area contributed by atoms with Crippen LogP contribution >= 0.6 is 0 Å². The Kier molecular flexibility index (Phi) is 9.33. The summed E-state index contributed by atoms with van der Waals surface area (Å²) in [6.45, 7) is 9.22. The highest BCUT2D eigenvalue weighted by atomic mass is 16.6. The predicted octanol–water partition coefficient (Wildman–Crippen LogP) is 6.13. The van der Waals surface area contributed by atoms with Crippen LogP contribution in [0.25, 0.3) is 5.69 Å². The largest absolute Gasteiger partial charge is 0.463 e. The molecule has 0 aliphatic heterocycles. The number of amides is 1. The number of ether oxygens (including phenoxy) is 2. The quantitative estimate of drug-likeness (QED) is 0.198. The molecule has 1 atom stereocenters. The zero-order chi connectivity index (χ0) is 30.2. The summed E-state index contributed by atoms with van der Waals surface area (Å²) in [4.78, 5) is 27.4. The number of hydrogen-bond acceptors (Lipinski definition) is 6. The molecule has 42 heavy (non-hydrogen) atoms. The van der Waals surface area contributed by atoms with E-state index in [0.717, 1.165) is 11.3 Å². The van der Waals surface area contributed by atoms with Crippen molar-refractivity contribution >= 4 is 17.9 Å². The summed E-state index contributed by atoms with van der Waals surface area (Å²) in [6, 6.07) is 28.6. The Bertz CT molecular complexity index is 1570. The number of hydrogen-bond donors (Lipinski definition) is 2. The maximum Gasteiger partial charge on any atom is 0.409 e. The number of esters is 1. The highest BCUT2D eigenvalue weighted by Crippen LogP contribution is 2.35. The molecule has 0 aliphatic carbocycles. The Labute approximate surface area is 247 Å². The molecule has 0 spiro atoms. The Balaban J connectivity index is 1.99. The van der Waals surface area contributed by atoms with Crippen molar-refractivity contribution < 1.29 is 19.1 Å². The van der Waals surface area contributed by atoms with Crippen LogP contribution in [-0.4, -0.2) is 34.1 Å². The molecule has 0 bridgehead atoms. The zero-order valence-corrected chi connectivity index (χ0v) is 24.6. The van der Waals surface area contributed by atoms with E-state index >= 15 is 0 Å². The Morgan fingerprint density at radius 1 is 0.905 bits per heavy atom. The first-order valence-electron chi connectivity index (χ1n) is 13.8. The first-order valence-corrected chi connectivity index (χ1v) is 13.8. The highest BCUT2D eigenvalue weighted by molar-refractivity contribution is 5.93. The molecule has 8 heteroatoms. The van der Waals surface area contributed by atoms with Crippen LogP contribution in [0.2, 0.25) is 0 Å². The Morgan fingerprint density at radius 3 is 2.10 bits per heavy atom. The molecule has 0 fully saturated rings. The molecule has 1 aromatic heterocycles. The van der Waals surface area contributed by atoms with Crippen LogP contribution in [0.15, 0.2) is 91.0 Å². The van der Waals surface area contributed by atoms with E-state index in [2.05, 4.69) is 22.5 Å². The summed E-state index contributed by atoms with van der Waals surface area (Å²) >= 11 is 0. The summed E-state index contributed by atoms with van der Waals surface area (Å²) in [7, 11) is 0. The van der Waals surface area contributed by atoms with Crippen molar-refractivity contribution in [2.24, 2.45) is 0 Å². The molecule has 0 saturated carbocycles. The lowest BCUT2D eigenvalue weighted by Gasteiger charge is -2.30. The van der Waals surface area contributed by atoms with Gasteiger partial charge in [-0.25, -0.2) is 14.3 Å². The number of benzene rings is 3. The first-order chi connectivity index (χ1) is 20.1. The van der Waals surface area contributed by atoms with Crippen LogP contribution < -0.4 is 10.6 Å². The molecule has 0 radical (unpaired) electrons. The molecule has 216 valence electrons. The van der Waals surface area contributed by atoms with Crippen LogP contribution in [-0.2, 0) is 26.4 Å². The summed E-state index contributed by atoms with van der Waals surface area (Å²) in [5, 5.41) is 11.1. The molecular weight excluding hydrogens is 528 g/mol. The van der Waals surface area contributed by atoms with E-state index in [9.17, 15) is 9.59 Å². The van der Waals surface area contributed by atoms with Crippen LogP contribution in [0.3, 0.4) is 0 Å². The predicted molar refractivity (Wildman–Crippen MR) is 163 cm³/mol. The second-order valence-corrected chi connectivity index (χ2v) is 10.6. The monoisotopic (exact) mass is 564 g/mol. The van der Waals surface area contributed by atoms with E-state index in [0.29, 0.717) is 29.2 Å². The fourth-order valence-electron chi connectivity index (χ4n) is 4.42. The van der Waals surface area contributed by atoms with Gasteiger partial charge in [0, 0.05) is 12.1 Å². The number of nitrogens with zero attached hydrogens (tertiary/aromatic N) is 2. The van der Waals surface area contributed by atoms with Gasteiger partial charge in [-0.1, -0.05) is 78.6 Å². The van der Waals surface area contributed by atoms with Crippen LogP contribution in [0.1, 0.15) is 50.1 Å². The van der Waals surface area contributed by atoms with E-state index in [-0.39, 0.29) is 6.61 Å². The van der Waals surface area contributed by atoms with E-state index in [1.807, 2.05) is 91.0 Å². The van der Waals surface area contributed by atoms with Crippen molar-refractivity contribution in [2.75, 3.05) is 11.9 Å². The minimum atomic E-state index is -1.97. The average Bonchev–Trinajstić information content (AvgIpc) is 3.31. The van der Waals surface area contributed by atoms with E-state index in [4.69, 9.17) is 14.6 Å². The van der Waals surface area contributed by atoms with Crippen LogP contribution in [0, 0.1) is 18.8 Å². The van der Waals surface area contributed by atoms with Gasteiger partial charge >= 0.3 is 12.1 Å². The van der Waals surface area contributed by atoms with E-state index in [1.165, 1.54) is 0 Å². The van der Waals surface area contributed by atoms with Gasteiger partial charge in [-0.05, 0) is 64.4 Å². The van der Waals surface area contributed by atoms with Crippen molar-refractivity contribution in [1.82, 2.24) is 15.1 Å². The molecule has 0 aliphatic rings. The second-order valence-electron chi connectivity index (χ2n) is 10.6. The molecule has 3 aromatic carbocycles. The summed E-state index contributed by atoms with van der Waals surface area (Å²) in [6.07, 6.45) is -0.821. The first kappa shape index (κ1) is 29.9. The van der Waals surface area contributed by atoms with Gasteiger partial charge in [0.2, 0.25) is 5.54 Å². The number of aryl methyl sites for hydroxylation is 1. The molecular formula is C34H36N4O4. The molecule has 1 heterocycles. The maximum atomic E-state index is 14.1. The molecule has 4 rings (SSSR count). The number of aromatic nitrogens is 2. The third kappa shape index (κ3) is 7.18. The molecule has 2 N–H and O–H groups in total. The summed E-state index contributed by atoms with van der Waals surface area (Å²) in [5.41, 5.74) is 0.465. The minimum Gasteiger partial charge on any atom is -0.463 e. The summed E-state index contributed by atoms with van der Waals surface area (Å²) < 4.78 is 12.9. The van der Waals surface area contributed by atoms with Gasteiger partial charge in [0.15, 0.2) is 0 Å². The number of para-hydroxylation sites is 1. The van der Waals surface area contributed by atoms with Crippen LogP contribution in [0.4, 0.5) is 10.6 Å². The van der Waals surface area contributed by atoms with Crippen molar-refractivity contribution in [1.29, 1.82) is 0 Å². The number of alkyl carbamates (subject to hydrolysis) is 1. The normalized spacial score (nSPS) is 12.3. The molecule has 0 saturated heterocycles. The number of nitrogens with one attached hydrogen (secondary N) is 2. The average molecular weight is 565 g/mol. The van der Waals surface area contributed by atoms with Crippen molar-refractivity contribution in [2.45, 2.75) is 52.3 Å². The van der Waals surface area contributed by atoms with Crippen molar-refractivity contribution in [3.63, 3.8) is 0 Å². The lowest BCUT2D eigenvalue weighted by molar-refractivity contribution is -0.149. The number of anilines is 1. The third-order valence-corrected chi connectivity index (χ3v) is 6.18. The standard InChI is InChI=1S/C34H36N4O4/c1-6-41-31(39)34(36-32(40)42-33(3,4)5,23-22-26-16-10-7-11-17-26)29-25(2)37-38(28-20-14-9-15-21-28)30(29)35-24-27-18-12-8-13-19-27/h7-21,35H,6,24H2,1-5H3,(H,36,40)/t34-/m0/s1. The topological polar surface area (TPSA) is 94.5 Å². The zero-order valence-electron chi connectivity index (χ0n) is 24.6. The summed E-state index contributed by atoms with van der Waals surface area (Å²) in [5.74, 6) is 5.89. The van der Waals surface area contributed by atoms with E-state index < -0.39 is 23.2 Å².